The number of nitrogens with one attached hydrogen (secondary N) is 2. The molecule has 1 heterocycles. The number of hydrogen-bond donors (Lipinski definition) is 2. The summed E-state index contributed by atoms with van der Waals surface area (Å²) in [4.78, 5) is 4.61. The zero-order chi connectivity index (χ0) is 19.7. The largest absolute Gasteiger partial charge is 0.356 e. The molecule has 0 bridgehead atoms. The monoisotopic (exact) mass is 522 g/mol. The standard InChI is InChI=1S/C20H34N4O2S.HI/c1-17(2)8-7-13-22-20(21-3)23-16-18-9-11-19(12-10-18)27(25,26)24-14-5-4-6-15-24;/h9-12,17H,4-8,13-16H2,1-3H3,(H2,21,22,23);1H. The molecule has 0 aromatic heterocycles. The normalized spacial score (nSPS) is 15.9. The average Bonchev–Trinajstić information content (AvgIpc) is 2.68. The second-order valence-corrected chi connectivity index (χ2v) is 9.44. The van der Waals surface area contributed by atoms with Gasteiger partial charge in [0.1, 0.15) is 0 Å². The van der Waals surface area contributed by atoms with Crippen molar-refractivity contribution in [2.45, 2.75) is 57.4 Å². The first-order chi connectivity index (χ1) is 12.9. The molecule has 160 valence electrons. The number of piperidine rings is 1. The lowest BCUT2D eigenvalue weighted by atomic mass is 10.1. The number of halogens is 1. The molecule has 1 aliphatic heterocycles. The Morgan fingerprint density at radius 2 is 1.75 bits per heavy atom. The highest BCUT2D eigenvalue weighted by molar-refractivity contribution is 14.0. The van der Waals surface area contributed by atoms with E-state index < -0.39 is 10.0 Å². The third-order valence-corrected chi connectivity index (χ3v) is 6.72. The van der Waals surface area contributed by atoms with Gasteiger partial charge in [-0.2, -0.15) is 4.31 Å². The molecule has 8 heteroatoms. The molecular formula is C20H35IN4O2S. The van der Waals surface area contributed by atoms with Crippen molar-refractivity contribution in [3.8, 4) is 0 Å². The minimum Gasteiger partial charge on any atom is -0.356 e. The fraction of sp³-hybridized carbons (Fsp3) is 0.650. The van der Waals surface area contributed by atoms with E-state index in [0.717, 1.165) is 43.8 Å². The van der Waals surface area contributed by atoms with Crippen molar-refractivity contribution in [2.24, 2.45) is 10.9 Å². The summed E-state index contributed by atoms with van der Waals surface area (Å²) < 4.78 is 27.0. The molecule has 28 heavy (non-hydrogen) atoms. The molecule has 1 saturated heterocycles. The molecule has 2 N–H and O–H groups in total. The van der Waals surface area contributed by atoms with Gasteiger partial charge in [-0.1, -0.05) is 32.4 Å². The first-order valence-corrected chi connectivity index (χ1v) is 11.4. The van der Waals surface area contributed by atoms with Gasteiger partial charge >= 0.3 is 0 Å². The summed E-state index contributed by atoms with van der Waals surface area (Å²) in [6.07, 6.45) is 5.32. The van der Waals surface area contributed by atoms with Gasteiger partial charge in [0, 0.05) is 33.2 Å². The van der Waals surface area contributed by atoms with E-state index >= 15 is 0 Å². The maximum Gasteiger partial charge on any atom is 0.243 e. The van der Waals surface area contributed by atoms with Crippen LogP contribution < -0.4 is 10.6 Å². The van der Waals surface area contributed by atoms with Gasteiger partial charge in [-0.15, -0.1) is 24.0 Å². The number of aliphatic imine (C=N–C) groups is 1. The first kappa shape index (κ1) is 25.2. The Balaban J connectivity index is 0.00000392. The second-order valence-electron chi connectivity index (χ2n) is 7.50. The van der Waals surface area contributed by atoms with Crippen LogP contribution in [0.25, 0.3) is 0 Å². The molecule has 1 aliphatic rings. The van der Waals surface area contributed by atoms with Gasteiger partial charge in [0.05, 0.1) is 4.90 Å². The topological polar surface area (TPSA) is 73.8 Å². The van der Waals surface area contributed by atoms with Crippen molar-refractivity contribution in [3.05, 3.63) is 29.8 Å². The van der Waals surface area contributed by atoms with Gasteiger partial charge in [-0.25, -0.2) is 8.42 Å². The number of benzene rings is 1. The summed E-state index contributed by atoms with van der Waals surface area (Å²) in [6, 6.07) is 7.16. The van der Waals surface area contributed by atoms with Crippen molar-refractivity contribution in [2.75, 3.05) is 26.7 Å². The summed E-state index contributed by atoms with van der Waals surface area (Å²) in [5.41, 5.74) is 1.03. The molecule has 0 unspecified atom stereocenters. The molecule has 0 saturated carbocycles. The quantitative estimate of drug-likeness (QED) is 0.237. The van der Waals surface area contributed by atoms with Gasteiger partial charge in [-0.3, -0.25) is 4.99 Å². The maximum atomic E-state index is 12.7. The van der Waals surface area contributed by atoms with Crippen LogP contribution in [-0.4, -0.2) is 45.4 Å². The van der Waals surface area contributed by atoms with Crippen molar-refractivity contribution in [1.29, 1.82) is 0 Å². The van der Waals surface area contributed by atoms with Crippen LogP contribution in [0.3, 0.4) is 0 Å². The lowest BCUT2D eigenvalue weighted by Gasteiger charge is -2.25. The van der Waals surface area contributed by atoms with E-state index in [1.165, 1.54) is 6.42 Å². The minimum atomic E-state index is -3.36. The van der Waals surface area contributed by atoms with E-state index in [4.69, 9.17) is 0 Å². The average molecular weight is 522 g/mol. The smallest absolute Gasteiger partial charge is 0.243 e. The van der Waals surface area contributed by atoms with Crippen molar-refractivity contribution in [1.82, 2.24) is 14.9 Å². The number of guanidine groups is 1. The third-order valence-electron chi connectivity index (χ3n) is 4.81. The Labute approximate surface area is 187 Å². The van der Waals surface area contributed by atoms with Crippen LogP contribution >= 0.6 is 24.0 Å². The van der Waals surface area contributed by atoms with Gasteiger partial charge < -0.3 is 10.6 Å². The molecule has 1 aromatic carbocycles. The molecule has 1 aromatic rings. The number of nitrogens with zero attached hydrogens (tertiary/aromatic N) is 2. The highest BCUT2D eigenvalue weighted by Crippen LogP contribution is 2.20. The Hall–Kier alpha value is -0.870. The first-order valence-electron chi connectivity index (χ1n) is 9.97. The Bertz CT molecular complexity index is 699. The van der Waals surface area contributed by atoms with E-state index in [0.29, 0.717) is 30.4 Å². The van der Waals surface area contributed by atoms with Crippen molar-refractivity contribution < 1.29 is 8.42 Å². The zero-order valence-electron chi connectivity index (χ0n) is 17.3. The van der Waals surface area contributed by atoms with Crippen LogP contribution in [0.2, 0.25) is 0 Å². The van der Waals surface area contributed by atoms with Gasteiger partial charge in [0.2, 0.25) is 10.0 Å². The lowest BCUT2D eigenvalue weighted by Crippen LogP contribution is -2.37. The van der Waals surface area contributed by atoms with Crippen LogP contribution in [0, 0.1) is 5.92 Å². The van der Waals surface area contributed by atoms with Crippen LogP contribution in [0.1, 0.15) is 51.5 Å². The highest BCUT2D eigenvalue weighted by Gasteiger charge is 2.25. The van der Waals surface area contributed by atoms with Crippen LogP contribution in [0.15, 0.2) is 34.2 Å². The lowest BCUT2D eigenvalue weighted by molar-refractivity contribution is 0.346. The number of sulfonamides is 1. The van der Waals surface area contributed by atoms with Crippen LogP contribution in [0.5, 0.6) is 0 Å². The fourth-order valence-corrected chi connectivity index (χ4v) is 4.67. The molecule has 1 fully saturated rings. The van der Waals surface area contributed by atoms with E-state index in [9.17, 15) is 8.42 Å². The van der Waals surface area contributed by atoms with Gasteiger partial charge in [0.15, 0.2) is 5.96 Å². The molecule has 0 radical (unpaired) electrons. The molecular weight excluding hydrogens is 487 g/mol. The molecule has 2 rings (SSSR count). The predicted octanol–water partition coefficient (Wildman–Crippen LogP) is 3.58. The highest BCUT2D eigenvalue weighted by atomic mass is 127. The SMILES string of the molecule is CN=C(NCCCC(C)C)NCc1ccc(S(=O)(=O)N2CCCCC2)cc1.I. The van der Waals surface area contributed by atoms with E-state index in [1.807, 2.05) is 12.1 Å². The zero-order valence-corrected chi connectivity index (χ0v) is 20.4. The predicted molar refractivity (Wildman–Crippen MR) is 127 cm³/mol. The van der Waals surface area contributed by atoms with Crippen LogP contribution in [0.4, 0.5) is 0 Å². The Morgan fingerprint density at radius 1 is 1.11 bits per heavy atom. The van der Waals surface area contributed by atoms with Gasteiger partial charge in [-0.05, 0) is 49.3 Å². The summed E-state index contributed by atoms with van der Waals surface area (Å²) in [6.45, 7) is 7.21. The second kappa shape index (κ2) is 12.6. The Morgan fingerprint density at radius 3 is 2.32 bits per heavy atom. The summed E-state index contributed by atoms with van der Waals surface area (Å²) >= 11 is 0. The number of hydrogen-bond acceptors (Lipinski definition) is 3. The minimum absolute atomic E-state index is 0. The molecule has 0 atom stereocenters. The molecule has 0 spiro atoms. The van der Waals surface area contributed by atoms with E-state index in [1.54, 1.807) is 23.5 Å². The van der Waals surface area contributed by atoms with Gasteiger partial charge in [0.25, 0.3) is 0 Å². The van der Waals surface area contributed by atoms with E-state index in [2.05, 4.69) is 29.5 Å². The van der Waals surface area contributed by atoms with Crippen molar-refractivity contribution >= 4 is 40.0 Å². The van der Waals surface area contributed by atoms with Crippen LogP contribution in [-0.2, 0) is 16.6 Å². The fourth-order valence-electron chi connectivity index (χ4n) is 3.16. The third kappa shape index (κ3) is 7.87. The van der Waals surface area contributed by atoms with Crippen molar-refractivity contribution in [3.63, 3.8) is 0 Å². The summed E-state index contributed by atoms with van der Waals surface area (Å²) in [7, 11) is -1.60. The number of rotatable bonds is 8. The molecule has 6 nitrogen and oxygen atoms in total. The molecule has 0 aliphatic carbocycles. The Kier molecular flexibility index (Phi) is 11.4. The molecule has 0 amide bonds. The summed E-state index contributed by atoms with van der Waals surface area (Å²) in [5, 5.41) is 6.58. The maximum absolute atomic E-state index is 12.7. The summed E-state index contributed by atoms with van der Waals surface area (Å²) in [5.74, 6) is 1.48. The van der Waals surface area contributed by atoms with E-state index in [-0.39, 0.29) is 24.0 Å².